The number of carbonyl (C=O) groups excluding carboxylic acids is 1. The smallest absolute Gasteiger partial charge is 0.272 e. The summed E-state index contributed by atoms with van der Waals surface area (Å²) in [6, 6.07) is 1.66. The van der Waals surface area contributed by atoms with Crippen LogP contribution in [0.1, 0.15) is 35.4 Å². The fourth-order valence-corrected chi connectivity index (χ4v) is 3.58. The monoisotopic (exact) mass is 349 g/mol. The maximum atomic E-state index is 12.7. The van der Waals surface area contributed by atoms with E-state index < -0.39 is 5.60 Å². The first-order chi connectivity index (χ1) is 12.0. The van der Waals surface area contributed by atoms with E-state index in [4.69, 9.17) is 10.5 Å². The molecular weight excluding hydrogens is 322 g/mol. The van der Waals surface area contributed by atoms with E-state index in [-0.39, 0.29) is 11.9 Å². The van der Waals surface area contributed by atoms with Gasteiger partial charge in [-0.3, -0.25) is 9.69 Å². The van der Waals surface area contributed by atoms with Gasteiger partial charge < -0.3 is 20.5 Å². The van der Waals surface area contributed by atoms with Crippen LogP contribution in [0.4, 0.5) is 5.95 Å². The summed E-state index contributed by atoms with van der Waals surface area (Å²) in [6.45, 7) is 6.70. The largest absolute Gasteiger partial charge is 0.388 e. The van der Waals surface area contributed by atoms with Gasteiger partial charge in [0.1, 0.15) is 5.69 Å². The number of amides is 1. The van der Waals surface area contributed by atoms with Gasteiger partial charge in [-0.25, -0.2) is 9.97 Å². The molecule has 0 bridgehead atoms. The molecule has 2 saturated heterocycles. The van der Waals surface area contributed by atoms with Gasteiger partial charge in [0, 0.05) is 38.4 Å². The van der Waals surface area contributed by atoms with E-state index >= 15 is 0 Å². The third kappa shape index (κ3) is 4.65. The molecule has 8 heteroatoms. The molecule has 0 spiro atoms. The lowest BCUT2D eigenvalue weighted by Crippen LogP contribution is -2.48. The molecule has 1 atom stereocenters. The Morgan fingerprint density at radius 3 is 2.76 bits per heavy atom. The molecule has 25 heavy (non-hydrogen) atoms. The Morgan fingerprint density at radius 2 is 2.04 bits per heavy atom. The summed E-state index contributed by atoms with van der Waals surface area (Å²) in [5.74, 6) is -0.0326. The first kappa shape index (κ1) is 18.0. The van der Waals surface area contributed by atoms with Crippen LogP contribution in [0, 0.1) is 6.92 Å². The first-order valence-corrected chi connectivity index (χ1v) is 8.88. The standard InChI is InChI=1S/C17H27N5O3/c1-13-11-14(20-16(18)19-13)15(23)22-5-2-3-17(24,4-6-22)12-21-7-9-25-10-8-21/h11,24H,2-10,12H2,1H3,(H2,18,19,20)/t17-/m0/s1. The minimum absolute atomic E-state index is 0.113. The number of morpholine rings is 1. The van der Waals surface area contributed by atoms with Gasteiger partial charge in [-0.05, 0) is 32.3 Å². The third-order valence-electron chi connectivity index (χ3n) is 4.92. The van der Waals surface area contributed by atoms with Crippen LogP contribution in [0.3, 0.4) is 0 Å². The molecule has 0 aromatic carbocycles. The highest BCUT2D eigenvalue weighted by Gasteiger charge is 2.34. The molecule has 0 aliphatic carbocycles. The Bertz CT molecular complexity index is 600. The van der Waals surface area contributed by atoms with Gasteiger partial charge in [-0.2, -0.15) is 0 Å². The quantitative estimate of drug-likeness (QED) is 0.795. The van der Waals surface area contributed by atoms with Crippen molar-refractivity contribution in [3.63, 3.8) is 0 Å². The van der Waals surface area contributed by atoms with Crippen molar-refractivity contribution in [3.8, 4) is 0 Å². The van der Waals surface area contributed by atoms with Gasteiger partial charge in [0.25, 0.3) is 5.91 Å². The molecule has 2 aliphatic rings. The Kier molecular flexibility index (Phi) is 5.51. The number of carbonyl (C=O) groups is 1. The van der Waals surface area contributed by atoms with Crippen molar-refractivity contribution in [3.05, 3.63) is 17.5 Å². The van der Waals surface area contributed by atoms with E-state index in [2.05, 4.69) is 14.9 Å². The molecule has 3 heterocycles. The number of aryl methyl sites for hydroxylation is 1. The average Bonchev–Trinajstić information content (AvgIpc) is 2.76. The third-order valence-corrected chi connectivity index (χ3v) is 4.92. The zero-order valence-electron chi connectivity index (χ0n) is 14.8. The molecule has 2 fully saturated rings. The Labute approximate surface area is 148 Å². The van der Waals surface area contributed by atoms with E-state index in [9.17, 15) is 9.90 Å². The summed E-state index contributed by atoms with van der Waals surface area (Å²) >= 11 is 0. The molecule has 1 amide bonds. The maximum absolute atomic E-state index is 12.7. The van der Waals surface area contributed by atoms with Gasteiger partial charge in [0.2, 0.25) is 5.95 Å². The van der Waals surface area contributed by atoms with E-state index in [0.717, 1.165) is 32.7 Å². The lowest BCUT2D eigenvalue weighted by Gasteiger charge is -2.35. The summed E-state index contributed by atoms with van der Waals surface area (Å²) in [6.07, 6.45) is 2.03. The van der Waals surface area contributed by atoms with Crippen LogP contribution >= 0.6 is 0 Å². The van der Waals surface area contributed by atoms with E-state index in [0.29, 0.717) is 43.9 Å². The number of hydrogen-bond donors (Lipinski definition) is 2. The lowest BCUT2D eigenvalue weighted by molar-refractivity contribution is -0.0389. The molecule has 138 valence electrons. The Morgan fingerprint density at radius 1 is 1.28 bits per heavy atom. The Balaban J connectivity index is 1.63. The van der Waals surface area contributed by atoms with Gasteiger partial charge >= 0.3 is 0 Å². The van der Waals surface area contributed by atoms with Crippen LogP contribution < -0.4 is 5.73 Å². The molecule has 0 radical (unpaired) electrons. The average molecular weight is 349 g/mol. The molecule has 0 saturated carbocycles. The van der Waals surface area contributed by atoms with Gasteiger partial charge in [0.05, 0.1) is 18.8 Å². The van der Waals surface area contributed by atoms with Crippen molar-refractivity contribution in [2.75, 3.05) is 51.7 Å². The van der Waals surface area contributed by atoms with Crippen molar-refractivity contribution in [2.45, 2.75) is 31.8 Å². The normalized spacial score (nSPS) is 25.6. The molecule has 8 nitrogen and oxygen atoms in total. The number of likely N-dealkylation sites (tertiary alicyclic amines) is 1. The van der Waals surface area contributed by atoms with Gasteiger partial charge in [-0.1, -0.05) is 0 Å². The molecular formula is C17H27N5O3. The number of nitrogens with two attached hydrogens (primary N) is 1. The summed E-state index contributed by atoms with van der Waals surface area (Å²) in [4.78, 5) is 24.8. The molecule has 1 aromatic rings. The van der Waals surface area contributed by atoms with Crippen molar-refractivity contribution < 1.29 is 14.6 Å². The van der Waals surface area contributed by atoms with Crippen LogP contribution in [-0.2, 0) is 4.74 Å². The highest BCUT2D eigenvalue weighted by molar-refractivity contribution is 5.92. The number of β-amino-alcohol motifs (C(OH)–C–C–N with tert-alkyl or cyclic N) is 1. The highest BCUT2D eigenvalue weighted by atomic mass is 16.5. The SMILES string of the molecule is Cc1cc(C(=O)N2CCC[C@@](O)(CN3CCOCC3)CC2)nc(N)n1. The highest BCUT2D eigenvalue weighted by Crippen LogP contribution is 2.25. The number of anilines is 1. The van der Waals surface area contributed by atoms with Crippen LogP contribution in [0.5, 0.6) is 0 Å². The van der Waals surface area contributed by atoms with Gasteiger partial charge in [0.15, 0.2) is 0 Å². The summed E-state index contributed by atoms with van der Waals surface area (Å²) < 4.78 is 5.36. The van der Waals surface area contributed by atoms with E-state index in [1.54, 1.807) is 17.9 Å². The minimum atomic E-state index is -0.757. The van der Waals surface area contributed by atoms with Crippen LogP contribution in [-0.4, -0.2) is 82.3 Å². The zero-order valence-corrected chi connectivity index (χ0v) is 14.8. The fraction of sp³-hybridized carbons (Fsp3) is 0.706. The van der Waals surface area contributed by atoms with Crippen molar-refractivity contribution in [1.29, 1.82) is 0 Å². The number of ether oxygens (including phenoxy) is 1. The van der Waals surface area contributed by atoms with Crippen molar-refractivity contribution in [2.24, 2.45) is 0 Å². The van der Waals surface area contributed by atoms with Crippen molar-refractivity contribution >= 4 is 11.9 Å². The molecule has 0 unspecified atom stereocenters. The summed E-state index contributed by atoms with van der Waals surface area (Å²) in [7, 11) is 0. The second-order valence-corrected chi connectivity index (χ2v) is 7.01. The summed E-state index contributed by atoms with van der Waals surface area (Å²) in [5, 5.41) is 11.0. The predicted molar refractivity (Wildman–Crippen MR) is 93.1 cm³/mol. The number of aliphatic hydroxyl groups is 1. The summed E-state index contributed by atoms with van der Waals surface area (Å²) in [5.41, 5.74) is 5.90. The maximum Gasteiger partial charge on any atom is 0.272 e. The molecule has 1 aromatic heterocycles. The van der Waals surface area contributed by atoms with Crippen LogP contribution in [0.25, 0.3) is 0 Å². The molecule has 2 aliphatic heterocycles. The lowest BCUT2D eigenvalue weighted by atomic mass is 9.94. The van der Waals surface area contributed by atoms with Crippen LogP contribution in [0.15, 0.2) is 6.07 Å². The first-order valence-electron chi connectivity index (χ1n) is 8.88. The Hall–Kier alpha value is -1.77. The number of nitrogens with zero attached hydrogens (tertiary/aromatic N) is 4. The number of nitrogen functional groups attached to an aromatic ring is 1. The molecule has 3 rings (SSSR count). The number of rotatable bonds is 3. The number of hydrogen-bond acceptors (Lipinski definition) is 7. The fourth-order valence-electron chi connectivity index (χ4n) is 3.58. The van der Waals surface area contributed by atoms with E-state index in [1.165, 1.54) is 0 Å². The predicted octanol–water partition coefficient (Wildman–Crippen LogP) is 0.0566. The second-order valence-electron chi connectivity index (χ2n) is 7.01. The second kappa shape index (κ2) is 7.63. The van der Waals surface area contributed by atoms with Crippen LogP contribution in [0.2, 0.25) is 0 Å². The minimum Gasteiger partial charge on any atom is -0.388 e. The molecule has 3 N–H and O–H groups in total. The van der Waals surface area contributed by atoms with Crippen molar-refractivity contribution in [1.82, 2.24) is 19.8 Å². The number of aromatic nitrogens is 2. The topological polar surface area (TPSA) is 105 Å². The zero-order chi connectivity index (χ0) is 17.9. The van der Waals surface area contributed by atoms with E-state index in [1.807, 2.05) is 0 Å². The van der Waals surface area contributed by atoms with Gasteiger partial charge in [-0.15, -0.1) is 0 Å².